The average Bonchev–Trinajstić information content (AvgIpc) is 2.74. The number of rotatable bonds is 7. The number of carbonyl (C=O) groups excluding carboxylic acids is 2. The lowest BCUT2D eigenvalue weighted by molar-refractivity contribution is -0.118. The van der Waals surface area contributed by atoms with Crippen LogP contribution in [-0.4, -0.2) is 25.5 Å². The molecule has 0 aliphatic heterocycles. The summed E-state index contributed by atoms with van der Waals surface area (Å²) in [6, 6.07) is 12.9. The molecule has 32 heavy (non-hydrogen) atoms. The highest BCUT2D eigenvalue weighted by Gasteiger charge is 2.15. The summed E-state index contributed by atoms with van der Waals surface area (Å²) in [6.45, 7) is -0.290. The quantitative estimate of drug-likeness (QED) is 0.416. The third-order valence-electron chi connectivity index (χ3n) is 4.17. The lowest BCUT2D eigenvalue weighted by atomic mass is 10.2. The van der Waals surface area contributed by atoms with E-state index in [1.807, 2.05) is 0 Å². The van der Waals surface area contributed by atoms with E-state index in [1.165, 1.54) is 31.4 Å². The van der Waals surface area contributed by atoms with Gasteiger partial charge in [0.05, 0.1) is 28.4 Å². The van der Waals surface area contributed by atoms with Gasteiger partial charge >= 0.3 is 0 Å². The van der Waals surface area contributed by atoms with E-state index in [0.29, 0.717) is 27.2 Å². The largest absolute Gasteiger partial charge is 0.495 e. The zero-order valence-electron chi connectivity index (χ0n) is 16.5. The standard InChI is InChI=1S/C22H16Cl3FN2O4/c1-31-20-7-3-13(27-21(29)11-32-14-4-6-16(24)17(25)10-14)9-19(20)28-22(30)15-5-2-12(23)8-18(15)26/h2-10H,11H2,1H3,(H,27,29)(H,28,30). The molecular formula is C22H16Cl3FN2O4. The molecule has 3 rings (SSSR count). The monoisotopic (exact) mass is 496 g/mol. The van der Waals surface area contributed by atoms with Crippen molar-refractivity contribution in [3.63, 3.8) is 0 Å². The maximum atomic E-state index is 14.0. The SMILES string of the molecule is COc1ccc(NC(=O)COc2ccc(Cl)c(Cl)c2)cc1NC(=O)c1ccc(Cl)cc1F. The van der Waals surface area contributed by atoms with Gasteiger partial charge in [0, 0.05) is 16.8 Å². The summed E-state index contributed by atoms with van der Waals surface area (Å²) in [4.78, 5) is 24.7. The third-order valence-corrected chi connectivity index (χ3v) is 5.14. The van der Waals surface area contributed by atoms with Gasteiger partial charge in [-0.2, -0.15) is 0 Å². The van der Waals surface area contributed by atoms with Crippen molar-refractivity contribution in [2.45, 2.75) is 0 Å². The predicted molar refractivity (Wildman–Crippen MR) is 123 cm³/mol. The number of ether oxygens (including phenoxy) is 2. The Labute approximate surface area is 198 Å². The van der Waals surface area contributed by atoms with Crippen LogP contribution in [0.4, 0.5) is 15.8 Å². The predicted octanol–water partition coefficient (Wildman–Crippen LogP) is 6.06. The van der Waals surface area contributed by atoms with Crippen LogP contribution in [0.5, 0.6) is 11.5 Å². The topological polar surface area (TPSA) is 76.7 Å². The number of halogens is 4. The molecule has 0 atom stereocenters. The third kappa shape index (κ3) is 6.03. The van der Waals surface area contributed by atoms with Crippen molar-refractivity contribution in [1.82, 2.24) is 0 Å². The molecule has 0 unspecified atom stereocenters. The Bertz CT molecular complexity index is 1170. The van der Waals surface area contributed by atoms with E-state index >= 15 is 0 Å². The Kier molecular flexibility index (Phi) is 7.80. The first-order valence-electron chi connectivity index (χ1n) is 9.09. The number of carbonyl (C=O) groups is 2. The fourth-order valence-corrected chi connectivity index (χ4v) is 3.11. The molecular weight excluding hydrogens is 482 g/mol. The molecule has 0 bridgehead atoms. The second-order valence-electron chi connectivity index (χ2n) is 6.41. The minimum absolute atomic E-state index is 0.171. The maximum Gasteiger partial charge on any atom is 0.262 e. The molecule has 166 valence electrons. The van der Waals surface area contributed by atoms with Gasteiger partial charge in [0.2, 0.25) is 0 Å². The fourth-order valence-electron chi connectivity index (χ4n) is 2.66. The molecule has 0 saturated heterocycles. The second-order valence-corrected chi connectivity index (χ2v) is 7.66. The van der Waals surface area contributed by atoms with Gasteiger partial charge in [-0.05, 0) is 48.5 Å². The van der Waals surface area contributed by atoms with Gasteiger partial charge in [0.1, 0.15) is 17.3 Å². The van der Waals surface area contributed by atoms with Crippen molar-refractivity contribution in [3.8, 4) is 11.5 Å². The second kappa shape index (κ2) is 10.5. The van der Waals surface area contributed by atoms with Gasteiger partial charge in [-0.25, -0.2) is 4.39 Å². The molecule has 3 aromatic rings. The summed E-state index contributed by atoms with van der Waals surface area (Å²) >= 11 is 17.5. The van der Waals surface area contributed by atoms with Gasteiger partial charge < -0.3 is 20.1 Å². The summed E-state index contributed by atoms with van der Waals surface area (Å²) in [6.07, 6.45) is 0. The molecule has 0 saturated carbocycles. The summed E-state index contributed by atoms with van der Waals surface area (Å²) < 4.78 is 24.7. The van der Waals surface area contributed by atoms with Crippen LogP contribution in [0.15, 0.2) is 54.6 Å². The van der Waals surface area contributed by atoms with Crippen molar-refractivity contribution in [2.75, 3.05) is 24.4 Å². The molecule has 0 aliphatic carbocycles. The number of hydrogen-bond donors (Lipinski definition) is 2. The Balaban J connectivity index is 1.68. The molecule has 2 N–H and O–H groups in total. The summed E-state index contributed by atoms with van der Waals surface area (Å²) in [7, 11) is 1.41. The maximum absolute atomic E-state index is 14.0. The molecule has 0 aliphatic rings. The van der Waals surface area contributed by atoms with E-state index in [2.05, 4.69) is 10.6 Å². The Morgan fingerprint density at radius 1 is 0.938 bits per heavy atom. The molecule has 0 radical (unpaired) electrons. The van der Waals surface area contributed by atoms with E-state index in [4.69, 9.17) is 44.3 Å². The lowest BCUT2D eigenvalue weighted by Crippen LogP contribution is -2.20. The number of amides is 2. The molecule has 0 spiro atoms. The molecule has 6 nitrogen and oxygen atoms in total. The molecule has 10 heteroatoms. The Hall–Kier alpha value is -3.00. The van der Waals surface area contributed by atoms with Crippen LogP contribution in [0, 0.1) is 5.82 Å². The van der Waals surface area contributed by atoms with Crippen LogP contribution >= 0.6 is 34.8 Å². The van der Waals surface area contributed by atoms with Crippen molar-refractivity contribution in [1.29, 1.82) is 0 Å². The Morgan fingerprint density at radius 3 is 2.41 bits per heavy atom. The number of hydrogen-bond acceptors (Lipinski definition) is 4. The smallest absolute Gasteiger partial charge is 0.262 e. The normalized spacial score (nSPS) is 10.4. The number of nitrogens with one attached hydrogen (secondary N) is 2. The highest BCUT2D eigenvalue weighted by atomic mass is 35.5. The lowest BCUT2D eigenvalue weighted by Gasteiger charge is -2.13. The van der Waals surface area contributed by atoms with Crippen LogP contribution in [0.25, 0.3) is 0 Å². The first-order valence-corrected chi connectivity index (χ1v) is 10.2. The van der Waals surface area contributed by atoms with Crippen LogP contribution in [-0.2, 0) is 4.79 Å². The first-order chi connectivity index (χ1) is 15.3. The van der Waals surface area contributed by atoms with Crippen LogP contribution in [0.2, 0.25) is 15.1 Å². The van der Waals surface area contributed by atoms with Gasteiger partial charge in [-0.3, -0.25) is 9.59 Å². The van der Waals surface area contributed by atoms with Gasteiger partial charge in [-0.15, -0.1) is 0 Å². The minimum atomic E-state index is -0.766. The van der Waals surface area contributed by atoms with Gasteiger partial charge in [0.15, 0.2) is 6.61 Å². The van der Waals surface area contributed by atoms with Crippen LogP contribution < -0.4 is 20.1 Å². The van der Waals surface area contributed by atoms with E-state index < -0.39 is 17.6 Å². The highest BCUT2D eigenvalue weighted by molar-refractivity contribution is 6.42. The molecule has 0 heterocycles. The fraction of sp³-hybridized carbons (Fsp3) is 0.0909. The van der Waals surface area contributed by atoms with Gasteiger partial charge in [0.25, 0.3) is 11.8 Å². The van der Waals surface area contributed by atoms with Crippen molar-refractivity contribution < 1.29 is 23.5 Å². The zero-order valence-corrected chi connectivity index (χ0v) is 18.8. The molecule has 3 aromatic carbocycles. The first kappa shape index (κ1) is 23.7. The molecule has 0 fully saturated rings. The average molecular weight is 498 g/mol. The minimum Gasteiger partial charge on any atom is -0.495 e. The van der Waals surface area contributed by atoms with Crippen molar-refractivity contribution in [2.24, 2.45) is 0 Å². The van der Waals surface area contributed by atoms with Crippen molar-refractivity contribution >= 4 is 58.0 Å². The summed E-state index contributed by atoms with van der Waals surface area (Å²) in [5.74, 6) is -1.23. The number of anilines is 2. The van der Waals surface area contributed by atoms with E-state index in [1.54, 1.807) is 24.3 Å². The number of benzene rings is 3. The van der Waals surface area contributed by atoms with Crippen molar-refractivity contribution in [3.05, 3.63) is 81.0 Å². The van der Waals surface area contributed by atoms with Crippen LogP contribution in [0.1, 0.15) is 10.4 Å². The molecule has 0 aromatic heterocycles. The van der Waals surface area contributed by atoms with Gasteiger partial charge in [-0.1, -0.05) is 34.8 Å². The zero-order chi connectivity index (χ0) is 23.3. The molecule has 2 amide bonds. The van der Waals surface area contributed by atoms with E-state index in [-0.39, 0.29) is 22.9 Å². The number of methoxy groups -OCH3 is 1. The highest BCUT2D eigenvalue weighted by Crippen LogP contribution is 2.29. The summed E-state index contributed by atoms with van der Waals surface area (Å²) in [5.41, 5.74) is 0.399. The van der Waals surface area contributed by atoms with E-state index in [9.17, 15) is 14.0 Å². The Morgan fingerprint density at radius 2 is 1.72 bits per heavy atom. The van der Waals surface area contributed by atoms with E-state index in [0.717, 1.165) is 6.07 Å². The van der Waals surface area contributed by atoms with Crippen LogP contribution in [0.3, 0.4) is 0 Å². The summed E-state index contributed by atoms with van der Waals surface area (Å²) in [5, 5.41) is 6.05.